The summed E-state index contributed by atoms with van der Waals surface area (Å²) in [5.41, 5.74) is -1.21. The molecule has 7 heteroatoms. The van der Waals surface area contributed by atoms with Gasteiger partial charge in [0.2, 0.25) is 11.8 Å². The number of hydrogen-bond acceptors (Lipinski definition) is 2. The van der Waals surface area contributed by atoms with Gasteiger partial charge in [-0.3, -0.25) is 9.59 Å². The van der Waals surface area contributed by atoms with Crippen LogP contribution in [0.4, 0.5) is 18.9 Å². The summed E-state index contributed by atoms with van der Waals surface area (Å²) < 4.78 is 38.4. The van der Waals surface area contributed by atoms with Crippen molar-refractivity contribution in [2.24, 2.45) is 0 Å². The monoisotopic (exact) mass is 258 g/mol. The Labute approximate surface area is 100 Å². The molecule has 1 N–H and O–H groups in total. The lowest BCUT2D eigenvalue weighted by atomic mass is 10.1. The number of nitrogens with one attached hydrogen (secondary N) is 1. The first-order valence-corrected chi connectivity index (χ1v) is 5.13. The number of rotatable bonds is 1. The van der Waals surface area contributed by atoms with Crippen molar-refractivity contribution in [3.63, 3.8) is 0 Å². The van der Waals surface area contributed by atoms with Gasteiger partial charge < -0.3 is 10.2 Å². The minimum Gasteiger partial charge on any atom is -0.345 e. The summed E-state index contributed by atoms with van der Waals surface area (Å²) in [5, 5.41) is 2.28. The highest BCUT2D eigenvalue weighted by Gasteiger charge is 2.37. The molecule has 0 aliphatic carbocycles. The number of halogens is 3. The number of para-hydroxylation sites is 1. The van der Waals surface area contributed by atoms with E-state index in [1.165, 1.54) is 18.2 Å². The van der Waals surface area contributed by atoms with Gasteiger partial charge in [0.15, 0.2) is 0 Å². The zero-order valence-corrected chi connectivity index (χ0v) is 9.12. The first-order valence-electron chi connectivity index (χ1n) is 5.13. The molecule has 1 aromatic rings. The van der Waals surface area contributed by atoms with Crippen LogP contribution in [0.15, 0.2) is 24.3 Å². The van der Waals surface area contributed by atoms with E-state index < -0.39 is 30.1 Å². The van der Waals surface area contributed by atoms with Crippen LogP contribution in [0.2, 0.25) is 0 Å². The maximum atomic E-state index is 12.8. The van der Waals surface area contributed by atoms with E-state index in [2.05, 4.69) is 5.32 Å². The molecular weight excluding hydrogens is 249 g/mol. The van der Waals surface area contributed by atoms with Gasteiger partial charge in [0.25, 0.3) is 0 Å². The normalized spacial score (nSPS) is 16.7. The van der Waals surface area contributed by atoms with Crippen LogP contribution in [0.5, 0.6) is 0 Å². The Bertz CT molecular complexity index is 499. The van der Waals surface area contributed by atoms with Crippen molar-refractivity contribution in [1.82, 2.24) is 5.32 Å². The number of carbonyl (C=O) groups is 2. The number of piperazine rings is 1. The predicted octanol–water partition coefficient (Wildman–Crippen LogP) is 1.17. The molecule has 0 aromatic heterocycles. The lowest BCUT2D eigenvalue weighted by Gasteiger charge is -2.28. The summed E-state index contributed by atoms with van der Waals surface area (Å²) in [4.78, 5) is 23.6. The Balaban J connectivity index is 2.44. The third kappa shape index (κ3) is 2.29. The van der Waals surface area contributed by atoms with Gasteiger partial charge in [-0.25, -0.2) is 0 Å². The van der Waals surface area contributed by atoms with Gasteiger partial charge in [0.05, 0.1) is 17.8 Å². The first kappa shape index (κ1) is 12.4. The fourth-order valence-corrected chi connectivity index (χ4v) is 1.73. The molecule has 96 valence electrons. The fraction of sp³-hybridized carbons (Fsp3) is 0.273. The number of alkyl halides is 3. The van der Waals surface area contributed by atoms with E-state index in [1.54, 1.807) is 0 Å². The van der Waals surface area contributed by atoms with Crippen molar-refractivity contribution in [2.75, 3.05) is 18.0 Å². The van der Waals surface area contributed by atoms with Gasteiger partial charge >= 0.3 is 6.18 Å². The third-order valence-corrected chi connectivity index (χ3v) is 2.54. The molecule has 1 aliphatic rings. The Morgan fingerprint density at radius 2 is 1.83 bits per heavy atom. The molecule has 0 spiro atoms. The number of amides is 2. The number of nitrogens with zero attached hydrogens (tertiary/aromatic N) is 1. The van der Waals surface area contributed by atoms with Crippen molar-refractivity contribution in [3.05, 3.63) is 29.8 Å². The molecule has 1 aromatic carbocycles. The first-order chi connectivity index (χ1) is 8.39. The quantitative estimate of drug-likeness (QED) is 0.822. The van der Waals surface area contributed by atoms with Crippen LogP contribution in [0.3, 0.4) is 0 Å². The van der Waals surface area contributed by atoms with Gasteiger partial charge in [-0.15, -0.1) is 0 Å². The highest BCUT2D eigenvalue weighted by molar-refractivity contribution is 6.04. The number of benzene rings is 1. The molecule has 0 atom stereocenters. The molecule has 1 fully saturated rings. The average molecular weight is 258 g/mol. The Morgan fingerprint density at radius 1 is 1.17 bits per heavy atom. The average Bonchev–Trinajstić information content (AvgIpc) is 2.31. The number of hydrogen-bond donors (Lipinski definition) is 1. The molecule has 2 amide bonds. The van der Waals surface area contributed by atoms with Crippen LogP contribution >= 0.6 is 0 Å². The van der Waals surface area contributed by atoms with Gasteiger partial charge in [-0.1, -0.05) is 12.1 Å². The maximum Gasteiger partial charge on any atom is 0.418 e. The fourth-order valence-electron chi connectivity index (χ4n) is 1.73. The van der Waals surface area contributed by atoms with Crippen LogP contribution in [-0.2, 0) is 15.8 Å². The van der Waals surface area contributed by atoms with Crippen LogP contribution in [0, 0.1) is 0 Å². The van der Waals surface area contributed by atoms with Crippen LogP contribution < -0.4 is 10.2 Å². The van der Waals surface area contributed by atoms with E-state index in [4.69, 9.17) is 0 Å². The summed E-state index contributed by atoms with van der Waals surface area (Å²) >= 11 is 0. The largest absolute Gasteiger partial charge is 0.418 e. The van der Waals surface area contributed by atoms with E-state index >= 15 is 0 Å². The van der Waals surface area contributed by atoms with E-state index in [-0.39, 0.29) is 12.2 Å². The van der Waals surface area contributed by atoms with Crippen molar-refractivity contribution < 1.29 is 22.8 Å². The second-order valence-corrected chi connectivity index (χ2v) is 3.77. The standard InChI is InChI=1S/C11H9F3N2O2/c12-11(13,14)7-3-1-2-4-8(7)16-6-9(17)15-5-10(16)18/h1-4H,5-6H2,(H,15,17). The lowest BCUT2D eigenvalue weighted by Crippen LogP contribution is -2.52. The van der Waals surface area contributed by atoms with Crippen LogP contribution in [0.1, 0.15) is 5.56 Å². The summed E-state index contributed by atoms with van der Waals surface area (Å²) in [7, 11) is 0. The predicted molar refractivity (Wildman–Crippen MR) is 56.8 cm³/mol. The second-order valence-electron chi connectivity index (χ2n) is 3.77. The SMILES string of the molecule is O=C1CN(c2ccccc2C(F)(F)F)C(=O)CN1. The number of anilines is 1. The number of carbonyl (C=O) groups excluding carboxylic acids is 2. The molecule has 4 nitrogen and oxygen atoms in total. The minimum atomic E-state index is -4.56. The molecular formula is C11H9F3N2O2. The highest BCUT2D eigenvalue weighted by Crippen LogP contribution is 2.36. The summed E-state index contributed by atoms with van der Waals surface area (Å²) in [6.45, 7) is -0.684. The molecule has 0 radical (unpaired) electrons. The maximum absolute atomic E-state index is 12.8. The smallest absolute Gasteiger partial charge is 0.345 e. The molecule has 0 bridgehead atoms. The zero-order valence-electron chi connectivity index (χ0n) is 9.12. The van der Waals surface area contributed by atoms with Crippen molar-refractivity contribution in [1.29, 1.82) is 0 Å². The van der Waals surface area contributed by atoms with E-state index in [1.807, 2.05) is 0 Å². The summed E-state index contributed by atoms with van der Waals surface area (Å²) in [6, 6.07) is 4.69. The molecule has 1 aliphatic heterocycles. The molecule has 18 heavy (non-hydrogen) atoms. The van der Waals surface area contributed by atoms with E-state index in [0.717, 1.165) is 11.0 Å². The van der Waals surface area contributed by atoms with E-state index in [0.29, 0.717) is 0 Å². The van der Waals surface area contributed by atoms with Gasteiger partial charge in [-0.2, -0.15) is 13.2 Å². The minimum absolute atomic E-state index is 0.287. The van der Waals surface area contributed by atoms with Crippen molar-refractivity contribution in [3.8, 4) is 0 Å². The Kier molecular flexibility index (Phi) is 2.98. The Hall–Kier alpha value is -2.05. The van der Waals surface area contributed by atoms with Gasteiger partial charge in [-0.05, 0) is 12.1 Å². The third-order valence-electron chi connectivity index (χ3n) is 2.54. The van der Waals surface area contributed by atoms with Gasteiger partial charge in [0, 0.05) is 0 Å². The van der Waals surface area contributed by atoms with Crippen molar-refractivity contribution >= 4 is 17.5 Å². The molecule has 1 saturated heterocycles. The molecule has 2 rings (SSSR count). The van der Waals surface area contributed by atoms with Crippen LogP contribution in [-0.4, -0.2) is 24.9 Å². The zero-order chi connectivity index (χ0) is 13.3. The molecule has 0 unspecified atom stereocenters. The van der Waals surface area contributed by atoms with Crippen LogP contribution in [0.25, 0.3) is 0 Å². The lowest BCUT2D eigenvalue weighted by molar-refractivity contribution is -0.137. The molecule has 1 heterocycles. The second kappa shape index (κ2) is 4.32. The topological polar surface area (TPSA) is 49.4 Å². The Morgan fingerprint density at radius 3 is 2.50 bits per heavy atom. The summed E-state index contributed by atoms with van der Waals surface area (Å²) in [5.74, 6) is -1.04. The summed E-state index contributed by atoms with van der Waals surface area (Å²) in [6.07, 6.45) is -4.56. The van der Waals surface area contributed by atoms with E-state index in [9.17, 15) is 22.8 Å². The van der Waals surface area contributed by atoms with Crippen molar-refractivity contribution in [2.45, 2.75) is 6.18 Å². The van der Waals surface area contributed by atoms with Gasteiger partial charge in [0.1, 0.15) is 6.54 Å². The molecule has 0 saturated carbocycles. The highest BCUT2D eigenvalue weighted by atomic mass is 19.4.